The Hall–Kier alpha value is -1.84. The molecule has 4 nitrogen and oxygen atoms in total. The third-order valence-corrected chi connectivity index (χ3v) is 4.07. The molecule has 2 rings (SSSR count). The van der Waals surface area contributed by atoms with Gasteiger partial charge in [0.25, 0.3) is 0 Å². The van der Waals surface area contributed by atoms with Gasteiger partial charge in [0, 0.05) is 6.42 Å². The van der Waals surface area contributed by atoms with E-state index in [0.717, 1.165) is 24.8 Å². The van der Waals surface area contributed by atoms with Gasteiger partial charge in [0.05, 0.1) is 12.0 Å². The van der Waals surface area contributed by atoms with Gasteiger partial charge in [-0.25, -0.2) is 0 Å². The Balaban J connectivity index is 1.90. The number of rotatable bonds is 6. The van der Waals surface area contributed by atoms with Crippen LogP contribution < -0.4 is 5.32 Å². The Morgan fingerprint density at radius 1 is 1.30 bits per heavy atom. The van der Waals surface area contributed by atoms with Gasteiger partial charge in [-0.1, -0.05) is 37.3 Å². The summed E-state index contributed by atoms with van der Waals surface area (Å²) in [5.74, 6) is -0.762. The van der Waals surface area contributed by atoms with E-state index in [-0.39, 0.29) is 18.2 Å². The van der Waals surface area contributed by atoms with Crippen molar-refractivity contribution in [3.8, 4) is 0 Å². The van der Waals surface area contributed by atoms with Gasteiger partial charge in [-0.3, -0.25) is 9.59 Å². The van der Waals surface area contributed by atoms with Crippen LogP contribution in [0.25, 0.3) is 0 Å². The summed E-state index contributed by atoms with van der Waals surface area (Å²) in [6, 6.07) is 9.89. The second-order valence-electron chi connectivity index (χ2n) is 5.77. The number of carbonyl (C=O) groups is 2. The topological polar surface area (TPSA) is 66.4 Å². The van der Waals surface area contributed by atoms with E-state index in [2.05, 4.69) is 5.32 Å². The minimum atomic E-state index is -0.846. The molecule has 0 radical (unpaired) electrons. The van der Waals surface area contributed by atoms with Crippen LogP contribution in [-0.2, 0) is 9.59 Å². The molecule has 0 heterocycles. The van der Waals surface area contributed by atoms with Crippen LogP contribution >= 0.6 is 0 Å². The van der Waals surface area contributed by atoms with Crippen LogP contribution in [0.1, 0.15) is 50.5 Å². The molecule has 1 fully saturated rings. The van der Waals surface area contributed by atoms with Crippen LogP contribution in [0, 0.1) is 0 Å². The van der Waals surface area contributed by atoms with Crippen molar-refractivity contribution in [2.75, 3.05) is 0 Å². The number of nitrogens with one attached hydrogen (secondary N) is 1. The number of aliphatic carboxylic acids is 1. The van der Waals surface area contributed by atoms with Gasteiger partial charge in [0.2, 0.25) is 5.91 Å². The summed E-state index contributed by atoms with van der Waals surface area (Å²) in [4.78, 5) is 23.0. The summed E-state index contributed by atoms with van der Waals surface area (Å²) in [6.07, 6.45) is 2.95. The minimum absolute atomic E-state index is 0.0262. The van der Waals surface area contributed by atoms with Crippen molar-refractivity contribution in [1.29, 1.82) is 0 Å². The number of carboxylic acid groups (broad SMARTS) is 1. The van der Waals surface area contributed by atoms with E-state index >= 15 is 0 Å². The van der Waals surface area contributed by atoms with Crippen LogP contribution in [0.3, 0.4) is 0 Å². The van der Waals surface area contributed by atoms with Gasteiger partial charge in [0.15, 0.2) is 0 Å². The van der Waals surface area contributed by atoms with Gasteiger partial charge < -0.3 is 10.4 Å². The SMILES string of the molecule is CC(CC(=O)NC1(CC(=O)O)CCC1)c1ccccc1. The van der Waals surface area contributed by atoms with Crippen molar-refractivity contribution in [2.24, 2.45) is 0 Å². The van der Waals surface area contributed by atoms with Crippen LogP contribution in [0.2, 0.25) is 0 Å². The van der Waals surface area contributed by atoms with Gasteiger partial charge in [-0.2, -0.15) is 0 Å². The zero-order valence-corrected chi connectivity index (χ0v) is 11.8. The first-order valence-corrected chi connectivity index (χ1v) is 7.08. The molecule has 108 valence electrons. The predicted molar refractivity (Wildman–Crippen MR) is 76.5 cm³/mol. The minimum Gasteiger partial charge on any atom is -0.481 e. The van der Waals surface area contributed by atoms with Crippen LogP contribution in [-0.4, -0.2) is 22.5 Å². The number of hydrogen-bond acceptors (Lipinski definition) is 2. The Morgan fingerprint density at radius 2 is 1.95 bits per heavy atom. The van der Waals surface area contributed by atoms with Gasteiger partial charge in [0.1, 0.15) is 0 Å². The molecule has 1 aliphatic carbocycles. The lowest BCUT2D eigenvalue weighted by atomic mass is 9.74. The molecular formula is C16H21NO3. The van der Waals surface area contributed by atoms with Crippen molar-refractivity contribution >= 4 is 11.9 Å². The number of carbonyl (C=O) groups excluding carboxylic acids is 1. The third kappa shape index (κ3) is 3.59. The third-order valence-electron chi connectivity index (χ3n) is 4.07. The number of amides is 1. The lowest BCUT2D eigenvalue weighted by Gasteiger charge is -2.41. The summed E-state index contributed by atoms with van der Waals surface area (Å²) in [5, 5.41) is 11.9. The largest absolute Gasteiger partial charge is 0.481 e. The summed E-state index contributed by atoms with van der Waals surface area (Å²) >= 11 is 0. The maximum absolute atomic E-state index is 12.1. The van der Waals surface area contributed by atoms with Gasteiger partial charge >= 0.3 is 5.97 Å². The molecule has 1 aromatic rings. The molecule has 0 aromatic heterocycles. The average molecular weight is 275 g/mol. The monoisotopic (exact) mass is 275 g/mol. The summed E-state index contributed by atoms with van der Waals surface area (Å²) in [5.41, 5.74) is 0.628. The molecule has 0 spiro atoms. The van der Waals surface area contributed by atoms with E-state index in [1.807, 2.05) is 37.3 Å². The first-order valence-electron chi connectivity index (χ1n) is 7.08. The highest BCUT2D eigenvalue weighted by atomic mass is 16.4. The Kier molecular flexibility index (Phi) is 4.42. The molecule has 0 saturated heterocycles. The zero-order valence-electron chi connectivity index (χ0n) is 11.8. The number of hydrogen-bond donors (Lipinski definition) is 2. The number of benzene rings is 1. The van der Waals surface area contributed by atoms with E-state index in [1.54, 1.807) is 0 Å². The predicted octanol–water partition coefficient (Wildman–Crippen LogP) is 2.69. The van der Waals surface area contributed by atoms with E-state index in [9.17, 15) is 9.59 Å². The summed E-state index contributed by atoms with van der Waals surface area (Å²) in [6.45, 7) is 2.01. The van der Waals surface area contributed by atoms with Gasteiger partial charge in [-0.15, -0.1) is 0 Å². The molecule has 1 saturated carbocycles. The highest BCUT2D eigenvalue weighted by Crippen LogP contribution is 2.35. The molecule has 0 aliphatic heterocycles. The molecule has 0 bridgehead atoms. The standard InChI is InChI=1S/C16H21NO3/c1-12(13-6-3-2-4-7-13)10-14(18)17-16(8-5-9-16)11-15(19)20/h2-4,6-7,12H,5,8-11H2,1H3,(H,17,18)(H,19,20). The van der Waals surface area contributed by atoms with Crippen molar-refractivity contribution in [3.05, 3.63) is 35.9 Å². The molecular weight excluding hydrogens is 254 g/mol. The number of carboxylic acids is 1. The van der Waals surface area contributed by atoms with E-state index in [4.69, 9.17) is 5.11 Å². The molecule has 2 N–H and O–H groups in total. The Morgan fingerprint density at radius 3 is 2.45 bits per heavy atom. The van der Waals surface area contributed by atoms with Crippen molar-refractivity contribution in [3.63, 3.8) is 0 Å². The van der Waals surface area contributed by atoms with E-state index in [1.165, 1.54) is 0 Å². The normalized spacial score (nSPS) is 17.9. The quantitative estimate of drug-likeness (QED) is 0.838. The smallest absolute Gasteiger partial charge is 0.305 e. The van der Waals surface area contributed by atoms with Crippen molar-refractivity contribution in [2.45, 2.75) is 50.5 Å². The molecule has 1 amide bonds. The first kappa shape index (κ1) is 14.6. The lowest BCUT2D eigenvalue weighted by Crippen LogP contribution is -2.54. The molecule has 4 heteroatoms. The molecule has 1 atom stereocenters. The first-order chi connectivity index (χ1) is 9.51. The highest BCUT2D eigenvalue weighted by molar-refractivity contribution is 5.79. The van der Waals surface area contributed by atoms with Crippen LogP contribution in [0.15, 0.2) is 30.3 Å². The Labute approximate surface area is 119 Å². The van der Waals surface area contributed by atoms with Crippen LogP contribution in [0.5, 0.6) is 0 Å². The maximum atomic E-state index is 12.1. The second kappa shape index (κ2) is 6.07. The average Bonchev–Trinajstić information content (AvgIpc) is 2.36. The lowest BCUT2D eigenvalue weighted by molar-refractivity contribution is -0.140. The summed E-state index contributed by atoms with van der Waals surface area (Å²) in [7, 11) is 0. The van der Waals surface area contributed by atoms with Gasteiger partial charge in [-0.05, 0) is 30.7 Å². The van der Waals surface area contributed by atoms with E-state index in [0.29, 0.717) is 6.42 Å². The van der Waals surface area contributed by atoms with Crippen molar-refractivity contribution in [1.82, 2.24) is 5.32 Å². The summed E-state index contributed by atoms with van der Waals surface area (Å²) < 4.78 is 0. The van der Waals surface area contributed by atoms with E-state index < -0.39 is 11.5 Å². The fourth-order valence-electron chi connectivity index (χ4n) is 2.76. The molecule has 20 heavy (non-hydrogen) atoms. The van der Waals surface area contributed by atoms with Crippen molar-refractivity contribution < 1.29 is 14.7 Å². The van der Waals surface area contributed by atoms with Crippen LogP contribution in [0.4, 0.5) is 0 Å². The molecule has 1 unspecified atom stereocenters. The molecule has 1 aromatic carbocycles. The molecule has 1 aliphatic rings. The second-order valence-corrected chi connectivity index (χ2v) is 5.77. The fraction of sp³-hybridized carbons (Fsp3) is 0.500. The fourth-order valence-corrected chi connectivity index (χ4v) is 2.76. The Bertz CT molecular complexity index is 480. The maximum Gasteiger partial charge on any atom is 0.305 e. The zero-order chi connectivity index (χ0) is 14.6. The highest BCUT2D eigenvalue weighted by Gasteiger charge is 2.40.